The molecule has 0 heterocycles. The van der Waals surface area contributed by atoms with Gasteiger partial charge in [-0.05, 0) is 33.6 Å². The highest BCUT2D eigenvalue weighted by Crippen LogP contribution is 2.25. The first-order chi connectivity index (χ1) is 7.84. The van der Waals surface area contributed by atoms with Crippen molar-refractivity contribution in [1.82, 2.24) is 4.90 Å². The minimum Gasteiger partial charge on any atom is -0.479 e. The summed E-state index contributed by atoms with van der Waals surface area (Å²) in [5, 5.41) is 9.10. The predicted molar refractivity (Wildman–Crippen MR) is 62.9 cm³/mol. The zero-order valence-electron chi connectivity index (χ0n) is 9.28. The third-order valence-electron chi connectivity index (χ3n) is 2.38. The van der Waals surface area contributed by atoms with Gasteiger partial charge in [0, 0.05) is 14.0 Å². The fourth-order valence-electron chi connectivity index (χ4n) is 1.40. The number of rotatable bonds is 3. The van der Waals surface area contributed by atoms with E-state index in [2.05, 4.69) is 15.9 Å². The van der Waals surface area contributed by atoms with Gasteiger partial charge in [-0.3, -0.25) is 4.79 Å². The minimum atomic E-state index is -1.17. The molecule has 17 heavy (non-hydrogen) atoms. The molecule has 0 aliphatic heterocycles. The van der Waals surface area contributed by atoms with Crippen molar-refractivity contribution in [2.75, 3.05) is 7.05 Å². The van der Waals surface area contributed by atoms with Gasteiger partial charge >= 0.3 is 5.97 Å². The van der Waals surface area contributed by atoms with E-state index in [0.29, 0.717) is 5.56 Å². The Balaban J connectivity index is 3.19. The molecule has 0 saturated carbocycles. The van der Waals surface area contributed by atoms with Gasteiger partial charge in [-0.1, -0.05) is 6.07 Å². The molecule has 1 unspecified atom stereocenters. The molecule has 0 spiro atoms. The second-order valence-corrected chi connectivity index (χ2v) is 4.40. The topological polar surface area (TPSA) is 57.6 Å². The summed E-state index contributed by atoms with van der Waals surface area (Å²) >= 11 is 2.98. The summed E-state index contributed by atoms with van der Waals surface area (Å²) in [4.78, 5) is 23.4. The Morgan fingerprint density at radius 2 is 2.06 bits per heavy atom. The van der Waals surface area contributed by atoms with Crippen molar-refractivity contribution in [2.24, 2.45) is 0 Å². The third-order valence-corrected chi connectivity index (χ3v) is 2.99. The first-order valence-corrected chi connectivity index (χ1v) is 5.55. The van der Waals surface area contributed by atoms with Gasteiger partial charge in [0.15, 0.2) is 6.04 Å². The van der Waals surface area contributed by atoms with Crippen LogP contribution in [-0.2, 0) is 9.59 Å². The van der Waals surface area contributed by atoms with E-state index in [9.17, 15) is 14.0 Å². The quantitative estimate of drug-likeness (QED) is 0.931. The zero-order valence-corrected chi connectivity index (χ0v) is 10.9. The maximum absolute atomic E-state index is 13.0. The normalized spacial score (nSPS) is 12.0. The highest BCUT2D eigenvalue weighted by atomic mass is 79.9. The van der Waals surface area contributed by atoms with E-state index in [1.165, 1.54) is 26.1 Å². The molecule has 1 aromatic carbocycles. The Hall–Kier alpha value is -1.43. The van der Waals surface area contributed by atoms with Crippen molar-refractivity contribution >= 4 is 27.8 Å². The molecule has 0 radical (unpaired) electrons. The fraction of sp³-hybridized carbons (Fsp3) is 0.273. The maximum atomic E-state index is 13.0. The SMILES string of the molecule is CC(=O)N(C)C(C(=O)O)c1ccc(F)c(Br)c1. The van der Waals surface area contributed by atoms with Gasteiger partial charge in [0.2, 0.25) is 5.91 Å². The second kappa shape index (κ2) is 5.27. The van der Waals surface area contributed by atoms with E-state index in [0.717, 1.165) is 11.0 Å². The van der Waals surface area contributed by atoms with Gasteiger partial charge in [-0.15, -0.1) is 0 Å². The van der Waals surface area contributed by atoms with Crippen LogP contribution in [-0.4, -0.2) is 28.9 Å². The summed E-state index contributed by atoms with van der Waals surface area (Å²) in [6, 6.07) is 2.74. The van der Waals surface area contributed by atoms with Crippen molar-refractivity contribution < 1.29 is 19.1 Å². The van der Waals surface area contributed by atoms with Gasteiger partial charge in [-0.25, -0.2) is 9.18 Å². The minimum absolute atomic E-state index is 0.165. The van der Waals surface area contributed by atoms with E-state index < -0.39 is 17.8 Å². The van der Waals surface area contributed by atoms with Crippen LogP contribution in [0.2, 0.25) is 0 Å². The van der Waals surface area contributed by atoms with E-state index >= 15 is 0 Å². The van der Waals surface area contributed by atoms with Crippen LogP contribution >= 0.6 is 15.9 Å². The third kappa shape index (κ3) is 3.03. The largest absolute Gasteiger partial charge is 0.479 e. The molecule has 1 amide bonds. The smallest absolute Gasteiger partial charge is 0.331 e. The number of carbonyl (C=O) groups is 2. The van der Waals surface area contributed by atoms with Crippen LogP contribution in [0.25, 0.3) is 0 Å². The summed E-state index contributed by atoms with van der Waals surface area (Å²) in [5.41, 5.74) is 0.337. The molecule has 1 atom stereocenters. The van der Waals surface area contributed by atoms with Gasteiger partial charge in [0.1, 0.15) is 5.82 Å². The molecule has 1 rings (SSSR count). The Kier molecular flexibility index (Phi) is 4.22. The van der Waals surface area contributed by atoms with Crippen LogP contribution in [0.15, 0.2) is 22.7 Å². The molecule has 0 aromatic heterocycles. The van der Waals surface area contributed by atoms with Crippen LogP contribution < -0.4 is 0 Å². The highest BCUT2D eigenvalue weighted by Gasteiger charge is 2.26. The standard InChI is InChI=1S/C11H11BrFNO3/c1-6(15)14(2)10(11(16)17)7-3-4-9(13)8(12)5-7/h3-5,10H,1-2H3,(H,16,17). The molecular formula is C11H11BrFNO3. The zero-order chi connectivity index (χ0) is 13.2. The second-order valence-electron chi connectivity index (χ2n) is 3.54. The summed E-state index contributed by atoms with van der Waals surface area (Å²) < 4.78 is 13.2. The monoisotopic (exact) mass is 303 g/mol. The Morgan fingerprint density at radius 1 is 1.47 bits per heavy atom. The Labute approximate surface area is 106 Å². The van der Waals surface area contributed by atoms with E-state index in [1.54, 1.807) is 0 Å². The number of likely N-dealkylation sites (N-methyl/N-ethyl adjacent to an activating group) is 1. The number of hydrogen-bond acceptors (Lipinski definition) is 2. The van der Waals surface area contributed by atoms with E-state index in [-0.39, 0.29) is 10.4 Å². The summed E-state index contributed by atoms with van der Waals surface area (Å²) in [6.07, 6.45) is 0. The van der Waals surface area contributed by atoms with Crippen LogP contribution in [0.5, 0.6) is 0 Å². The average Bonchev–Trinajstić information content (AvgIpc) is 2.22. The number of carboxylic acids is 1. The molecule has 1 N–H and O–H groups in total. The Morgan fingerprint density at radius 3 is 2.47 bits per heavy atom. The summed E-state index contributed by atoms with van der Waals surface area (Å²) in [5.74, 6) is -2.03. The van der Waals surface area contributed by atoms with Crippen LogP contribution in [0.1, 0.15) is 18.5 Å². The van der Waals surface area contributed by atoms with Gasteiger partial charge in [-0.2, -0.15) is 0 Å². The maximum Gasteiger partial charge on any atom is 0.331 e. The number of nitrogens with zero attached hydrogens (tertiary/aromatic N) is 1. The van der Waals surface area contributed by atoms with Gasteiger partial charge in [0.05, 0.1) is 4.47 Å². The van der Waals surface area contributed by atoms with Crippen molar-refractivity contribution in [3.05, 3.63) is 34.1 Å². The highest BCUT2D eigenvalue weighted by molar-refractivity contribution is 9.10. The molecule has 0 saturated heterocycles. The number of amides is 1. The lowest BCUT2D eigenvalue weighted by Crippen LogP contribution is -2.34. The van der Waals surface area contributed by atoms with Gasteiger partial charge in [0.25, 0.3) is 0 Å². The number of halogens is 2. The van der Waals surface area contributed by atoms with Crippen molar-refractivity contribution in [2.45, 2.75) is 13.0 Å². The summed E-state index contributed by atoms with van der Waals surface area (Å²) in [6.45, 7) is 1.27. The number of aliphatic carboxylic acids is 1. The lowest BCUT2D eigenvalue weighted by molar-refractivity contribution is -0.148. The predicted octanol–water partition coefficient (Wildman–Crippen LogP) is 2.19. The Bertz CT molecular complexity index is 464. The average molecular weight is 304 g/mol. The lowest BCUT2D eigenvalue weighted by atomic mass is 10.1. The molecule has 4 nitrogen and oxygen atoms in total. The van der Waals surface area contributed by atoms with E-state index in [1.807, 2.05) is 0 Å². The van der Waals surface area contributed by atoms with E-state index in [4.69, 9.17) is 5.11 Å². The molecular weight excluding hydrogens is 293 g/mol. The number of hydrogen-bond donors (Lipinski definition) is 1. The molecule has 6 heteroatoms. The van der Waals surface area contributed by atoms with Crippen molar-refractivity contribution in [3.8, 4) is 0 Å². The van der Waals surface area contributed by atoms with Crippen LogP contribution in [0, 0.1) is 5.82 Å². The fourth-order valence-corrected chi connectivity index (χ4v) is 1.79. The van der Waals surface area contributed by atoms with Crippen molar-refractivity contribution in [3.63, 3.8) is 0 Å². The van der Waals surface area contributed by atoms with Gasteiger partial charge < -0.3 is 10.0 Å². The molecule has 0 fully saturated rings. The number of benzene rings is 1. The van der Waals surface area contributed by atoms with Crippen LogP contribution in [0.4, 0.5) is 4.39 Å². The molecule has 0 aliphatic carbocycles. The number of carboxylic acid groups (broad SMARTS) is 1. The molecule has 0 bridgehead atoms. The lowest BCUT2D eigenvalue weighted by Gasteiger charge is -2.24. The molecule has 1 aromatic rings. The first-order valence-electron chi connectivity index (χ1n) is 4.75. The summed E-state index contributed by atoms with van der Waals surface area (Å²) in [7, 11) is 1.39. The van der Waals surface area contributed by atoms with Crippen LogP contribution in [0.3, 0.4) is 0 Å². The first kappa shape index (κ1) is 13.6. The van der Waals surface area contributed by atoms with Crippen molar-refractivity contribution in [1.29, 1.82) is 0 Å². The molecule has 92 valence electrons. The molecule has 0 aliphatic rings. The number of carbonyl (C=O) groups excluding carboxylic acids is 1.